The molecule has 1 aliphatic rings. The van der Waals surface area contributed by atoms with Crippen molar-refractivity contribution < 1.29 is 13.2 Å². The molecule has 0 saturated heterocycles. The summed E-state index contributed by atoms with van der Waals surface area (Å²) in [7, 11) is 1.66. The van der Waals surface area contributed by atoms with E-state index in [0.717, 1.165) is 19.3 Å². The van der Waals surface area contributed by atoms with Crippen molar-refractivity contribution in [2.75, 3.05) is 0 Å². The summed E-state index contributed by atoms with van der Waals surface area (Å²) in [6.07, 6.45) is 3.05. The van der Waals surface area contributed by atoms with Gasteiger partial charge in [0.25, 0.3) is 9.05 Å². The molecule has 2 rings (SSSR count). The van der Waals surface area contributed by atoms with Gasteiger partial charge in [-0.1, -0.05) is 29.8 Å². The van der Waals surface area contributed by atoms with E-state index in [1.54, 1.807) is 12.1 Å². The first-order valence-electron chi connectivity index (χ1n) is 6.68. The van der Waals surface area contributed by atoms with Crippen LogP contribution in [-0.4, -0.2) is 14.5 Å². The Bertz CT molecular complexity index is 588. The Morgan fingerprint density at radius 3 is 2.55 bits per heavy atom. The number of halogens is 2. The first-order chi connectivity index (χ1) is 9.27. The van der Waals surface area contributed by atoms with E-state index in [4.69, 9.17) is 15.4 Å². The Morgan fingerprint density at radius 1 is 1.25 bits per heavy atom. The Kier molecular flexibility index (Phi) is 5.03. The molecule has 0 spiro atoms. The lowest BCUT2D eigenvalue weighted by molar-refractivity contribution is 0.0980. The van der Waals surface area contributed by atoms with Crippen LogP contribution in [0.5, 0.6) is 5.75 Å². The SMILES string of the molecule is CC1CCC(Oc2ccc(Br)cc2S(=O)(=O)Cl)CC1C. The van der Waals surface area contributed by atoms with Crippen LogP contribution >= 0.6 is 26.6 Å². The van der Waals surface area contributed by atoms with Gasteiger partial charge in [0.15, 0.2) is 0 Å². The second-order valence-electron chi connectivity index (χ2n) is 5.54. The van der Waals surface area contributed by atoms with Crippen LogP contribution < -0.4 is 4.74 Å². The van der Waals surface area contributed by atoms with Crippen molar-refractivity contribution in [1.29, 1.82) is 0 Å². The van der Waals surface area contributed by atoms with E-state index < -0.39 is 9.05 Å². The van der Waals surface area contributed by atoms with Gasteiger partial charge in [-0.3, -0.25) is 0 Å². The van der Waals surface area contributed by atoms with Gasteiger partial charge in [0.05, 0.1) is 6.10 Å². The zero-order chi connectivity index (χ0) is 14.9. The molecule has 0 aliphatic heterocycles. The van der Waals surface area contributed by atoms with E-state index in [0.29, 0.717) is 22.1 Å². The van der Waals surface area contributed by atoms with Gasteiger partial charge in [-0.25, -0.2) is 8.42 Å². The summed E-state index contributed by atoms with van der Waals surface area (Å²) in [6.45, 7) is 4.45. The van der Waals surface area contributed by atoms with Crippen LogP contribution in [0.4, 0.5) is 0 Å². The van der Waals surface area contributed by atoms with Crippen LogP contribution in [0.15, 0.2) is 27.6 Å². The quantitative estimate of drug-likeness (QED) is 0.720. The highest BCUT2D eigenvalue weighted by Gasteiger charge is 2.27. The summed E-state index contributed by atoms with van der Waals surface area (Å²) in [5.41, 5.74) is 0. The lowest BCUT2D eigenvalue weighted by Crippen LogP contribution is -2.29. The summed E-state index contributed by atoms with van der Waals surface area (Å²) in [6, 6.07) is 4.89. The third-order valence-electron chi connectivity index (χ3n) is 4.01. The third-order valence-corrected chi connectivity index (χ3v) is 5.85. The Labute approximate surface area is 133 Å². The molecule has 112 valence electrons. The van der Waals surface area contributed by atoms with E-state index in [-0.39, 0.29) is 11.0 Å². The molecule has 1 aromatic rings. The summed E-state index contributed by atoms with van der Waals surface area (Å²) in [5.74, 6) is 1.62. The normalized spacial score (nSPS) is 27.3. The molecule has 0 bridgehead atoms. The van der Waals surface area contributed by atoms with Crippen molar-refractivity contribution in [3.05, 3.63) is 22.7 Å². The van der Waals surface area contributed by atoms with Crippen molar-refractivity contribution >= 4 is 35.7 Å². The topological polar surface area (TPSA) is 43.4 Å². The summed E-state index contributed by atoms with van der Waals surface area (Å²) in [4.78, 5) is 0.0276. The molecule has 3 atom stereocenters. The third kappa shape index (κ3) is 3.89. The van der Waals surface area contributed by atoms with Crippen LogP contribution in [0.1, 0.15) is 33.1 Å². The summed E-state index contributed by atoms with van der Waals surface area (Å²) >= 11 is 3.25. The number of ether oxygens (including phenoxy) is 1. The van der Waals surface area contributed by atoms with Crippen molar-refractivity contribution in [2.24, 2.45) is 11.8 Å². The van der Waals surface area contributed by atoms with E-state index >= 15 is 0 Å². The van der Waals surface area contributed by atoms with Crippen molar-refractivity contribution in [2.45, 2.75) is 44.1 Å². The average Bonchev–Trinajstić information content (AvgIpc) is 2.35. The van der Waals surface area contributed by atoms with Gasteiger partial charge in [-0.05, 0) is 49.3 Å². The van der Waals surface area contributed by atoms with Crippen LogP contribution in [0.25, 0.3) is 0 Å². The second-order valence-corrected chi connectivity index (χ2v) is 8.99. The fourth-order valence-corrected chi connectivity index (χ4v) is 4.05. The second kappa shape index (κ2) is 6.24. The van der Waals surface area contributed by atoms with Crippen molar-refractivity contribution in [3.63, 3.8) is 0 Å². The van der Waals surface area contributed by atoms with Gasteiger partial charge in [0.2, 0.25) is 0 Å². The minimum absolute atomic E-state index is 0.0276. The first kappa shape index (κ1) is 16.1. The maximum Gasteiger partial charge on any atom is 0.265 e. The predicted molar refractivity (Wildman–Crippen MR) is 83.8 cm³/mol. The van der Waals surface area contributed by atoms with Crippen molar-refractivity contribution in [3.8, 4) is 5.75 Å². The number of hydrogen-bond acceptors (Lipinski definition) is 3. The molecule has 3 nitrogen and oxygen atoms in total. The van der Waals surface area contributed by atoms with Gasteiger partial charge >= 0.3 is 0 Å². The molecule has 1 aromatic carbocycles. The Balaban J connectivity index is 2.22. The Morgan fingerprint density at radius 2 is 1.95 bits per heavy atom. The monoisotopic (exact) mass is 380 g/mol. The first-order valence-corrected chi connectivity index (χ1v) is 9.78. The van der Waals surface area contributed by atoms with Crippen LogP contribution in [0, 0.1) is 11.8 Å². The van der Waals surface area contributed by atoms with Gasteiger partial charge in [-0.2, -0.15) is 0 Å². The molecule has 3 unspecified atom stereocenters. The maximum absolute atomic E-state index is 11.6. The molecule has 1 fully saturated rings. The molecule has 0 aromatic heterocycles. The molecule has 0 radical (unpaired) electrons. The molecular weight excluding hydrogens is 364 g/mol. The molecular formula is C14H18BrClO3S. The van der Waals surface area contributed by atoms with Crippen molar-refractivity contribution in [1.82, 2.24) is 0 Å². The molecule has 0 amide bonds. The van der Waals surface area contributed by atoms with E-state index in [9.17, 15) is 8.42 Å². The average molecular weight is 382 g/mol. The number of rotatable bonds is 3. The predicted octanol–water partition coefficient (Wildman–Crippen LogP) is 4.58. The van der Waals surface area contributed by atoms with E-state index in [1.807, 2.05) is 0 Å². The van der Waals surface area contributed by atoms with E-state index in [1.165, 1.54) is 6.07 Å². The van der Waals surface area contributed by atoms with Gasteiger partial charge in [0, 0.05) is 15.2 Å². The summed E-state index contributed by atoms with van der Waals surface area (Å²) in [5, 5.41) is 0. The van der Waals surface area contributed by atoms with Crippen LogP contribution in [-0.2, 0) is 9.05 Å². The maximum atomic E-state index is 11.6. The fraction of sp³-hybridized carbons (Fsp3) is 0.571. The van der Waals surface area contributed by atoms with Crippen LogP contribution in [0.2, 0.25) is 0 Å². The molecule has 6 heteroatoms. The van der Waals surface area contributed by atoms with Gasteiger partial charge in [-0.15, -0.1) is 0 Å². The van der Waals surface area contributed by atoms with E-state index in [2.05, 4.69) is 29.8 Å². The zero-order valence-electron chi connectivity index (χ0n) is 11.5. The van der Waals surface area contributed by atoms with Crippen LogP contribution in [0.3, 0.4) is 0 Å². The molecule has 1 aliphatic carbocycles. The summed E-state index contributed by atoms with van der Waals surface area (Å²) < 4.78 is 29.8. The minimum Gasteiger partial charge on any atom is -0.489 e. The Hall–Kier alpha value is -0.260. The number of benzene rings is 1. The largest absolute Gasteiger partial charge is 0.489 e. The lowest BCUT2D eigenvalue weighted by Gasteiger charge is -2.32. The van der Waals surface area contributed by atoms with Gasteiger partial charge in [0.1, 0.15) is 10.6 Å². The lowest BCUT2D eigenvalue weighted by atomic mass is 9.80. The number of hydrogen-bond donors (Lipinski definition) is 0. The minimum atomic E-state index is -3.81. The highest BCUT2D eigenvalue weighted by Crippen LogP contribution is 2.35. The standard InChI is InChI=1S/C14H18BrClO3S/c1-9-3-5-12(7-10(9)2)19-13-6-4-11(15)8-14(13)20(16,17)18/h4,6,8-10,12H,3,5,7H2,1-2H3. The fourth-order valence-electron chi connectivity index (χ4n) is 2.55. The highest BCUT2D eigenvalue weighted by atomic mass is 79.9. The molecule has 0 heterocycles. The smallest absolute Gasteiger partial charge is 0.265 e. The zero-order valence-corrected chi connectivity index (χ0v) is 14.6. The van der Waals surface area contributed by atoms with Gasteiger partial charge < -0.3 is 4.74 Å². The highest BCUT2D eigenvalue weighted by molar-refractivity contribution is 9.10. The molecule has 0 N–H and O–H groups in total. The molecule has 1 saturated carbocycles. The molecule has 20 heavy (non-hydrogen) atoms.